The monoisotopic (exact) mass is 512 g/mol. The maximum atomic E-state index is 6.08. The predicted molar refractivity (Wildman–Crippen MR) is 149 cm³/mol. The number of nitrogens with zero attached hydrogens (tertiary/aromatic N) is 2. The molecule has 0 aromatic rings. The maximum Gasteiger partial charge on any atom is 0.147 e. The van der Waals surface area contributed by atoms with Crippen molar-refractivity contribution in [3.63, 3.8) is 0 Å². The largest absolute Gasteiger partial charge is 0.355 e. The Labute approximate surface area is 223 Å². The minimum atomic E-state index is 0.158. The average molecular weight is 513 g/mol. The van der Waals surface area contributed by atoms with E-state index in [2.05, 4.69) is 79.3 Å². The van der Waals surface area contributed by atoms with Gasteiger partial charge in [-0.1, -0.05) is 25.7 Å². The smallest absolute Gasteiger partial charge is 0.147 e. The van der Waals surface area contributed by atoms with Crippen molar-refractivity contribution in [3.05, 3.63) is 0 Å². The highest BCUT2D eigenvalue weighted by molar-refractivity contribution is 4.99. The summed E-state index contributed by atoms with van der Waals surface area (Å²) < 4.78 is 23.7. The third-order valence-corrected chi connectivity index (χ3v) is 9.14. The van der Waals surface area contributed by atoms with E-state index in [9.17, 15) is 0 Å². The zero-order valence-corrected chi connectivity index (χ0v) is 25.6. The molecule has 6 heteroatoms. The van der Waals surface area contributed by atoms with Gasteiger partial charge in [0.05, 0.1) is 12.2 Å². The first-order chi connectivity index (χ1) is 16.7. The lowest BCUT2D eigenvalue weighted by atomic mass is 9.79. The predicted octanol–water partition coefficient (Wildman–Crippen LogP) is 6.61. The molecule has 0 atom stereocenters. The quantitative estimate of drug-likeness (QED) is 0.182. The SMILES string of the molecule is CN1C(C)(C)CC(OCOCCCCCCCCOCOC2CC(C)(C)N(C)C(C)(C)C2)CC1(C)C. The lowest BCUT2D eigenvalue weighted by Crippen LogP contribution is -2.60. The third kappa shape index (κ3) is 9.81. The first-order valence-corrected chi connectivity index (χ1v) is 14.5. The van der Waals surface area contributed by atoms with Crippen LogP contribution in [0.3, 0.4) is 0 Å². The molecule has 0 radical (unpaired) electrons. The van der Waals surface area contributed by atoms with Crippen LogP contribution in [0.1, 0.15) is 120 Å². The Balaban J connectivity index is 1.40. The summed E-state index contributed by atoms with van der Waals surface area (Å²) in [6, 6.07) is 0. The fourth-order valence-corrected chi connectivity index (χ4v) is 6.32. The van der Waals surface area contributed by atoms with Crippen molar-refractivity contribution in [2.45, 2.75) is 154 Å². The highest BCUT2D eigenvalue weighted by Gasteiger charge is 2.44. The summed E-state index contributed by atoms with van der Waals surface area (Å²) in [5.74, 6) is 0. The summed E-state index contributed by atoms with van der Waals surface area (Å²) in [6.45, 7) is 20.9. The molecule has 2 rings (SSSR count). The molecule has 0 amide bonds. The topological polar surface area (TPSA) is 43.4 Å². The summed E-state index contributed by atoms with van der Waals surface area (Å²) in [5.41, 5.74) is 0.633. The van der Waals surface area contributed by atoms with E-state index in [-0.39, 0.29) is 34.4 Å². The molecule has 214 valence electrons. The molecule has 0 N–H and O–H groups in total. The molecule has 0 aromatic carbocycles. The van der Waals surface area contributed by atoms with E-state index in [0.29, 0.717) is 13.6 Å². The number of unbranched alkanes of at least 4 members (excludes halogenated alkanes) is 5. The first-order valence-electron chi connectivity index (χ1n) is 14.5. The molecule has 0 saturated carbocycles. The highest BCUT2D eigenvalue weighted by atomic mass is 16.7. The van der Waals surface area contributed by atoms with E-state index in [0.717, 1.165) is 51.7 Å². The van der Waals surface area contributed by atoms with Gasteiger partial charge in [0.15, 0.2) is 0 Å². The lowest BCUT2D eigenvalue weighted by molar-refractivity contribution is -0.144. The van der Waals surface area contributed by atoms with Gasteiger partial charge in [-0.3, -0.25) is 9.80 Å². The van der Waals surface area contributed by atoms with Crippen LogP contribution in [-0.2, 0) is 18.9 Å². The molecule has 36 heavy (non-hydrogen) atoms. The second-order valence-electron chi connectivity index (χ2n) is 13.9. The van der Waals surface area contributed by atoms with Gasteiger partial charge in [0.25, 0.3) is 0 Å². The van der Waals surface area contributed by atoms with Crippen LogP contribution in [0.15, 0.2) is 0 Å². The van der Waals surface area contributed by atoms with Crippen molar-refractivity contribution in [1.29, 1.82) is 0 Å². The maximum absolute atomic E-state index is 6.08. The lowest BCUT2D eigenvalue weighted by Gasteiger charge is -2.53. The van der Waals surface area contributed by atoms with Crippen LogP contribution in [0.4, 0.5) is 0 Å². The van der Waals surface area contributed by atoms with Crippen LogP contribution in [0, 0.1) is 0 Å². The second-order valence-corrected chi connectivity index (χ2v) is 13.9. The Morgan fingerprint density at radius 3 is 1.08 bits per heavy atom. The zero-order chi connectivity index (χ0) is 27.0. The molecule has 2 aliphatic rings. The van der Waals surface area contributed by atoms with Crippen molar-refractivity contribution in [2.75, 3.05) is 40.9 Å². The van der Waals surface area contributed by atoms with Crippen molar-refractivity contribution in [1.82, 2.24) is 9.80 Å². The van der Waals surface area contributed by atoms with Gasteiger partial charge in [0.1, 0.15) is 13.6 Å². The number of ether oxygens (including phenoxy) is 4. The molecular formula is C30H60N2O4. The summed E-state index contributed by atoms with van der Waals surface area (Å²) in [5, 5.41) is 0. The summed E-state index contributed by atoms with van der Waals surface area (Å²) in [7, 11) is 4.46. The van der Waals surface area contributed by atoms with Gasteiger partial charge >= 0.3 is 0 Å². The summed E-state index contributed by atoms with van der Waals surface area (Å²) in [6.07, 6.45) is 12.0. The van der Waals surface area contributed by atoms with Crippen molar-refractivity contribution in [2.24, 2.45) is 0 Å². The number of piperidine rings is 2. The Morgan fingerprint density at radius 1 is 0.500 bits per heavy atom. The second kappa shape index (κ2) is 13.7. The fraction of sp³-hybridized carbons (Fsp3) is 1.00. The molecule has 2 heterocycles. The summed E-state index contributed by atoms with van der Waals surface area (Å²) >= 11 is 0. The Morgan fingerprint density at radius 2 is 0.778 bits per heavy atom. The standard InChI is InChI=1S/C30H60N2O4/c1-27(2)19-25(20-28(3,4)31(27)9)35-23-33-17-15-13-11-12-14-16-18-34-24-36-26-21-29(5,6)32(10)30(7,8)22-26/h25-26H,11-24H2,1-10H3. The molecule has 0 bridgehead atoms. The minimum absolute atomic E-state index is 0.158. The van der Waals surface area contributed by atoms with E-state index in [1.165, 1.54) is 25.7 Å². The van der Waals surface area contributed by atoms with Crippen LogP contribution < -0.4 is 0 Å². The Kier molecular flexibility index (Phi) is 12.2. The first kappa shape index (κ1) is 32.0. The van der Waals surface area contributed by atoms with E-state index in [1.807, 2.05) is 0 Å². The van der Waals surface area contributed by atoms with Gasteiger partial charge in [0.2, 0.25) is 0 Å². The van der Waals surface area contributed by atoms with Crippen molar-refractivity contribution < 1.29 is 18.9 Å². The number of rotatable bonds is 15. The van der Waals surface area contributed by atoms with Gasteiger partial charge < -0.3 is 18.9 Å². The zero-order valence-electron chi connectivity index (χ0n) is 25.6. The van der Waals surface area contributed by atoms with Gasteiger partial charge in [-0.15, -0.1) is 0 Å². The average Bonchev–Trinajstić information content (AvgIpc) is 2.75. The van der Waals surface area contributed by atoms with Gasteiger partial charge in [-0.25, -0.2) is 0 Å². The van der Waals surface area contributed by atoms with Crippen LogP contribution in [-0.4, -0.2) is 85.1 Å². The fourth-order valence-electron chi connectivity index (χ4n) is 6.32. The highest BCUT2D eigenvalue weighted by Crippen LogP contribution is 2.39. The van der Waals surface area contributed by atoms with Crippen LogP contribution >= 0.6 is 0 Å². The van der Waals surface area contributed by atoms with Gasteiger partial charge in [0, 0.05) is 35.4 Å². The van der Waals surface area contributed by atoms with Gasteiger partial charge in [-0.05, 0) is 108 Å². The molecule has 2 saturated heterocycles. The molecule has 0 unspecified atom stereocenters. The van der Waals surface area contributed by atoms with Crippen LogP contribution in [0.2, 0.25) is 0 Å². The Bertz CT molecular complexity index is 544. The van der Waals surface area contributed by atoms with E-state index >= 15 is 0 Å². The van der Waals surface area contributed by atoms with E-state index in [1.54, 1.807) is 0 Å². The molecular weight excluding hydrogens is 452 g/mol. The molecule has 2 fully saturated rings. The Hall–Kier alpha value is -0.240. The number of hydrogen-bond donors (Lipinski definition) is 0. The van der Waals surface area contributed by atoms with Crippen molar-refractivity contribution >= 4 is 0 Å². The van der Waals surface area contributed by atoms with Crippen LogP contribution in [0.5, 0.6) is 0 Å². The molecule has 6 nitrogen and oxygen atoms in total. The van der Waals surface area contributed by atoms with Crippen LogP contribution in [0.25, 0.3) is 0 Å². The molecule has 0 spiro atoms. The normalized spacial score (nSPS) is 24.8. The summed E-state index contributed by atoms with van der Waals surface area (Å²) in [4.78, 5) is 4.97. The number of likely N-dealkylation sites (tertiary alicyclic amines) is 2. The third-order valence-electron chi connectivity index (χ3n) is 9.14. The number of hydrogen-bond acceptors (Lipinski definition) is 6. The molecule has 0 aliphatic carbocycles. The van der Waals surface area contributed by atoms with E-state index < -0.39 is 0 Å². The molecule has 2 aliphatic heterocycles. The van der Waals surface area contributed by atoms with Gasteiger partial charge in [-0.2, -0.15) is 0 Å². The minimum Gasteiger partial charge on any atom is -0.355 e. The molecule has 0 aromatic heterocycles. The van der Waals surface area contributed by atoms with Crippen molar-refractivity contribution in [3.8, 4) is 0 Å². The van der Waals surface area contributed by atoms with E-state index in [4.69, 9.17) is 18.9 Å².